The Kier molecular flexibility index (Phi) is 3.31. The molecule has 0 saturated heterocycles. The van der Waals surface area contributed by atoms with Crippen LogP contribution in [0, 0.1) is 11.8 Å². The summed E-state index contributed by atoms with van der Waals surface area (Å²) in [5, 5.41) is 17.7. The quantitative estimate of drug-likeness (QED) is 0.807. The van der Waals surface area contributed by atoms with Gasteiger partial charge < -0.3 is 5.11 Å². The minimum atomic E-state index is -0.354. The third kappa shape index (κ3) is 2.53. The average molecular weight is 206 g/mol. The number of aliphatic hydroxyl groups excluding tert-OH is 1. The Hall–Kier alpha value is -0.960. The summed E-state index contributed by atoms with van der Waals surface area (Å²) >= 11 is 0. The molecule has 0 bridgehead atoms. The van der Waals surface area contributed by atoms with E-state index in [0.29, 0.717) is 5.92 Å². The van der Waals surface area contributed by atoms with Gasteiger partial charge in [-0.05, 0) is 30.7 Å². The molecule has 0 amide bonds. The molecule has 1 atom stereocenters. The fourth-order valence-corrected chi connectivity index (χ4v) is 2.35. The van der Waals surface area contributed by atoms with Crippen molar-refractivity contribution in [1.29, 1.82) is 0 Å². The van der Waals surface area contributed by atoms with Crippen LogP contribution in [0.2, 0.25) is 0 Å². The van der Waals surface area contributed by atoms with E-state index in [-0.39, 0.29) is 6.10 Å². The number of aliphatic hydroxyl groups is 1. The molecule has 0 radical (unpaired) electrons. The molecule has 0 aliphatic heterocycles. The molecule has 0 spiro atoms. The first-order valence-corrected chi connectivity index (χ1v) is 5.72. The number of hydrogen-bond donors (Lipinski definition) is 1. The van der Waals surface area contributed by atoms with Gasteiger partial charge in [0.25, 0.3) is 0 Å². The van der Waals surface area contributed by atoms with E-state index >= 15 is 0 Å². The fourth-order valence-electron chi connectivity index (χ4n) is 2.35. The Bertz CT molecular complexity index is 294. The predicted molar refractivity (Wildman–Crippen MR) is 58.1 cm³/mol. The van der Waals surface area contributed by atoms with Gasteiger partial charge >= 0.3 is 0 Å². The number of nitrogens with zero attached hydrogens (tertiary/aromatic N) is 2. The molecule has 82 valence electrons. The smallest absolute Gasteiger partial charge is 0.0834 e. The van der Waals surface area contributed by atoms with E-state index < -0.39 is 0 Å². The average Bonchev–Trinajstić information content (AvgIpc) is 2.30. The number of hydrogen-bond acceptors (Lipinski definition) is 3. The van der Waals surface area contributed by atoms with Crippen LogP contribution in [-0.4, -0.2) is 15.3 Å². The molecule has 1 aliphatic carbocycles. The second-order valence-electron chi connectivity index (χ2n) is 4.64. The summed E-state index contributed by atoms with van der Waals surface area (Å²) in [5.41, 5.74) is 0.907. The van der Waals surface area contributed by atoms with E-state index in [0.717, 1.165) is 24.3 Å². The van der Waals surface area contributed by atoms with Gasteiger partial charge in [-0.3, -0.25) is 0 Å². The summed E-state index contributed by atoms with van der Waals surface area (Å²) in [5.74, 6) is 1.23. The second kappa shape index (κ2) is 4.71. The topological polar surface area (TPSA) is 46.0 Å². The Morgan fingerprint density at radius 1 is 1.27 bits per heavy atom. The highest BCUT2D eigenvalue weighted by molar-refractivity contribution is 5.10. The lowest BCUT2D eigenvalue weighted by Gasteiger charge is -2.29. The molecule has 1 unspecified atom stereocenters. The van der Waals surface area contributed by atoms with Gasteiger partial charge in [-0.1, -0.05) is 19.8 Å². The molecule has 1 fully saturated rings. The van der Waals surface area contributed by atoms with Gasteiger partial charge in [0.1, 0.15) is 0 Å². The van der Waals surface area contributed by atoms with Gasteiger partial charge in [0.2, 0.25) is 0 Å². The van der Waals surface area contributed by atoms with Crippen molar-refractivity contribution in [3.8, 4) is 0 Å². The standard InChI is InChI=1S/C12H18N2O/c1-9-2-4-10(5-3-9)12(15)11-6-7-13-14-8-11/h6-10,12,15H,2-5H2,1H3. The Morgan fingerprint density at radius 2 is 2.00 bits per heavy atom. The van der Waals surface area contributed by atoms with Gasteiger partial charge in [0, 0.05) is 11.8 Å². The SMILES string of the molecule is CC1CCC(C(O)c2ccnnc2)CC1. The van der Waals surface area contributed by atoms with E-state index in [1.165, 1.54) is 12.8 Å². The normalized spacial score (nSPS) is 28.7. The molecular weight excluding hydrogens is 188 g/mol. The van der Waals surface area contributed by atoms with Crippen molar-refractivity contribution in [2.45, 2.75) is 38.7 Å². The van der Waals surface area contributed by atoms with E-state index in [1.807, 2.05) is 6.07 Å². The van der Waals surface area contributed by atoms with Crippen molar-refractivity contribution in [1.82, 2.24) is 10.2 Å². The van der Waals surface area contributed by atoms with Gasteiger partial charge in [-0.25, -0.2) is 0 Å². The maximum atomic E-state index is 10.2. The molecule has 3 nitrogen and oxygen atoms in total. The van der Waals surface area contributed by atoms with E-state index in [9.17, 15) is 5.11 Å². The van der Waals surface area contributed by atoms with E-state index in [2.05, 4.69) is 17.1 Å². The number of aromatic nitrogens is 2. The molecule has 0 aromatic carbocycles. The van der Waals surface area contributed by atoms with Crippen molar-refractivity contribution < 1.29 is 5.11 Å². The Balaban J connectivity index is 1.99. The lowest BCUT2D eigenvalue weighted by molar-refractivity contribution is 0.0751. The monoisotopic (exact) mass is 206 g/mol. The van der Waals surface area contributed by atoms with E-state index in [1.54, 1.807) is 12.4 Å². The molecule has 15 heavy (non-hydrogen) atoms. The molecule has 1 aromatic heterocycles. The maximum Gasteiger partial charge on any atom is 0.0834 e. The zero-order valence-electron chi connectivity index (χ0n) is 9.13. The Labute approximate surface area is 90.5 Å². The third-order valence-electron chi connectivity index (χ3n) is 3.46. The van der Waals surface area contributed by atoms with Gasteiger partial charge in [-0.2, -0.15) is 10.2 Å². The third-order valence-corrected chi connectivity index (χ3v) is 3.46. The van der Waals surface area contributed by atoms with Crippen LogP contribution >= 0.6 is 0 Å². The highest BCUT2D eigenvalue weighted by Gasteiger charge is 2.25. The van der Waals surface area contributed by atoms with Crippen molar-refractivity contribution >= 4 is 0 Å². The summed E-state index contributed by atoms with van der Waals surface area (Å²) in [6.07, 6.45) is 7.69. The molecule has 1 aliphatic rings. The van der Waals surface area contributed by atoms with Gasteiger partial charge in [-0.15, -0.1) is 0 Å². The summed E-state index contributed by atoms with van der Waals surface area (Å²) in [6, 6.07) is 1.86. The van der Waals surface area contributed by atoms with Gasteiger partial charge in [0.15, 0.2) is 0 Å². The van der Waals surface area contributed by atoms with Crippen molar-refractivity contribution in [3.63, 3.8) is 0 Å². The van der Waals surface area contributed by atoms with Crippen LogP contribution in [0.15, 0.2) is 18.5 Å². The minimum absolute atomic E-state index is 0.354. The lowest BCUT2D eigenvalue weighted by atomic mass is 9.79. The summed E-state index contributed by atoms with van der Waals surface area (Å²) < 4.78 is 0. The van der Waals surface area contributed by atoms with Crippen LogP contribution in [-0.2, 0) is 0 Å². The Morgan fingerprint density at radius 3 is 2.60 bits per heavy atom. The fraction of sp³-hybridized carbons (Fsp3) is 0.667. The molecule has 1 aromatic rings. The molecular formula is C12H18N2O. The van der Waals surface area contributed by atoms with Crippen LogP contribution in [0.4, 0.5) is 0 Å². The van der Waals surface area contributed by atoms with Crippen LogP contribution in [0.1, 0.15) is 44.3 Å². The van der Waals surface area contributed by atoms with Crippen LogP contribution in [0.25, 0.3) is 0 Å². The maximum absolute atomic E-state index is 10.2. The van der Waals surface area contributed by atoms with Gasteiger partial charge in [0.05, 0.1) is 12.3 Å². The minimum Gasteiger partial charge on any atom is -0.388 e. The van der Waals surface area contributed by atoms with Crippen LogP contribution in [0.3, 0.4) is 0 Å². The second-order valence-corrected chi connectivity index (χ2v) is 4.64. The summed E-state index contributed by atoms with van der Waals surface area (Å²) in [4.78, 5) is 0. The number of rotatable bonds is 2. The molecule has 1 N–H and O–H groups in total. The largest absolute Gasteiger partial charge is 0.388 e. The first kappa shape index (κ1) is 10.6. The van der Waals surface area contributed by atoms with Crippen molar-refractivity contribution in [2.24, 2.45) is 11.8 Å². The zero-order chi connectivity index (χ0) is 10.7. The summed E-state index contributed by atoms with van der Waals surface area (Å²) in [7, 11) is 0. The first-order chi connectivity index (χ1) is 7.27. The molecule has 1 saturated carbocycles. The molecule has 1 heterocycles. The molecule has 2 rings (SSSR count). The first-order valence-electron chi connectivity index (χ1n) is 5.72. The zero-order valence-corrected chi connectivity index (χ0v) is 9.13. The predicted octanol–water partition coefficient (Wildman–Crippen LogP) is 2.34. The molecule has 3 heteroatoms. The van der Waals surface area contributed by atoms with Crippen LogP contribution < -0.4 is 0 Å². The van der Waals surface area contributed by atoms with Crippen LogP contribution in [0.5, 0.6) is 0 Å². The lowest BCUT2D eigenvalue weighted by Crippen LogP contribution is -2.19. The highest BCUT2D eigenvalue weighted by Crippen LogP contribution is 2.36. The summed E-state index contributed by atoms with van der Waals surface area (Å²) in [6.45, 7) is 2.29. The van der Waals surface area contributed by atoms with Crippen molar-refractivity contribution in [2.75, 3.05) is 0 Å². The van der Waals surface area contributed by atoms with Crippen molar-refractivity contribution in [3.05, 3.63) is 24.0 Å². The highest BCUT2D eigenvalue weighted by atomic mass is 16.3. The van der Waals surface area contributed by atoms with E-state index in [4.69, 9.17) is 0 Å².